The van der Waals surface area contributed by atoms with Crippen molar-refractivity contribution in [3.63, 3.8) is 0 Å². The van der Waals surface area contributed by atoms with Crippen LogP contribution in [0, 0.1) is 6.92 Å². The Bertz CT molecular complexity index is 1010. The molecule has 0 fully saturated rings. The smallest absolute Gasteiger partial charge is 0.227 e. The predicted octanol–water partition coefficient (Wildman–Crippen LogP) is 6.67. The summed E-state index contributed by atoms with van der Waals surface area (Å²) in [6.45, 7) is 2.08. The first-order chi connectivity index (χ1) is 12.8. The molecule has 26 heavy (non-hydrogen) atoms. The summed E-state index contributed by atoms with van der Waals surface area (Å²) in [7, 11) is 0. The molecule has 0 atom stereocenters. The van der Waals surface area contributed by atoms with Crippen molar-refractivity contribution in [3.8, 4) is 22.5 Å². The van der Waals surface area contributed by atoms with Crippen molar-refractivity contribution in [2.75, 3.05) is 0 Å². The summed E-state index contributed by atoms with van der Waals surface area (Å²) in [5.74, 6) is 1.44. The van der Waals surface area contributed by atoms with Gasteiger partial charge in [0.15, 0.2) is 0 Å². The summed E-state index contributed by atoms with van der Waals surface area (Å²) in [5.41, 5.74) is 5.41. The number of hydrogen-bond donors (Lipinski definition) is 0. The maximum atomic E-state index is 6.10. The van der Waals surface area contributed by atoms with Crippen LogP contribution in [0.1, 0.15) is 11.1 Å². The molecule has 3 aromatic carbocycles. The third kappa shape index (κ3) is 3.50. The lowest BCUT2D eigenvalue weighted by atomic mass is 10.1. The lowest BCUT2D eigenvalue weighted by Gasteiger charge is -1.98. The second-order valence-corrected chi connectivity index (χ2v) is 6.23. The standard InChI is InChI=1S/C24H19NO/c1-18-12-14-19(15-13-18)17-25-24-22(20-8-4-2-5-9-20)16-23(26-24)21-10-6-3-7-11-21/h2-17H,1H3/b25-17+. The summed E-state index contributed by atoms with van der Waals surface area (Å²) in [4.78, 5) is 4.64. The molecule has 2 heteroatoms. The van der Waals surface area contributed by atoms with Crippen molar-refractivity contribution in [1.82, 2.24) is 0 Å². The van der Waals surface area contributed by atoms with Gasteiger partial charge in [-0.3, -0.25) is 0 Å². The molecule has 1 aromatic heterocycles. The molecular weight excluding hydrogens is 318 g/mol. The van der Waals surface area contributed by atoms with Crippen LogP contribution in [-0.2, 0) is 0 Å². The van der Waals surface area contributed by atoms with Crippen molar-refractivity contribution in [1.29, 1.82) is 0 Å². The summed E-state index contributed by atoms with van der Waals surface area (Å²) in [6.07, 6.45) is 1.85. The number of aliphatic imine (C=N–C) groups is 1. The number of benzene rings is 3. The van der Waals surface area contributed by atoms with Gasteiger partial charge in [0.2, 0.25) is 5.88 Å². The van der Waals surface area contributed by atoms with Gasteiger partial charge in [-0.2, -0.15) is 0 Å². The largest absolute Gasteiger partial charge is 0.438 e. The van der Waals surface area contributed by atoms with Crippen molar-refractivity contribution < 1.29 is 4.42 Å². The fourth-order valence-corrected chi connectivity index (χ4v) is 2.83. The van der Waals surface area contributed by atoms with Crippen LogP contribution in [0.15, 0.2) is 100 Å². The van der Waals surface area contributed by atoms with E-state index >= 15 is 0 Å². The summed E-state index contributed by atoms with van der Waals surface area (Å²) >= 11 is 0. The quantitative estimate of drug-likeness (QED) is 0.382. The Hall–Kier alpha value is -3.39. The Morgan fingerprint density at radius 2 is 1.35 bits per heavy atom. The summed E-state index contributed by atoms with van der Waals surface area (Å²) in [5, 5.41) is 0. The van der Waals surface area contributed by atoms with Crippen LogP contribution in [-0.4, -0.2) is 6.21 Å². The lowest BCUT2D eigenvalue weighted by Crippen LogP contribution is -1.80. The zero-order chi connectivity index (χ0) is 17.8. The average Bonchev–Trinajstić information content (AvgIpc) is 3.13. The van der Waals surface area contributed by atoms with E-state index in [0.717, 1.165) is 28.0 Å². The zero-order valence-electron chi connectivity index (χ0n) is 14.6. The molecule has 4 rings (SSSR count). The van der Waals surface area contributed by atoms with Gasteiger partial charge in [-0.15, -0.1) is 0 Å². The van der Waals surface area contributed by atoms with E-state index in [1.165, 1.54) is 5.56 Å². The first-order valence-corrected chi connectivity index (χ1v) is 8.65. The van der Waals surface area contributed by atoms with Gasteiger partial charge in [-0.1, -0.05) is 90.5 Å². The Morgan fingerprint density at radius 3 is 2.00 bits per heavy atom. The number of furan rings is 1. The Morgan fingerprint density at radius 1 is 0.731 bits per heavy atom. The van der Waals surface area contributed by atoms with Crippen LogP contribution >= 0.6 is 0 Å². The van der Waals surface area contributed by atoms with E-state index in [9.17, 15) is 0 Å². The van der Waals surface area contributed by atoms with Crippen LogP contribution < -0.4 is 0 Å². The molecule has 1 heterocycles. The molecule has 2 nitrogen and oxygen atoms in total. The van der Waals surface area contributed by atoms with Crippen molar-refractivity contribution in [2.45, 2.75) is 6.92 Å². The second-order valence-electron chi connectivity index (χ2n) is 6.23. The van der Waals surface area contributed by atoms with E-state index in [4.69, 9.17) is 4.42 Å². The fraction of sp³-hybridized carbons (Fsp3) is 0.0417. The monoisotopic (exact) mass is 337 g/mol. The van der Waals surface area contributed by atoms with Gasteiger partial charge >= 0.3 is 0 Å². The molecule has 0 saturated heterocycles. The normalized spacial score (nSPS) is 11.1. The molecule has 0 unspecified atom stereocenters. The zero-order valence-corrected chi connectivity index (χ0v) is 14.6. The van der Waals surface area contributed by atoms with Crippen molar-refractivity contribution in [3.05, 3.63) is 102 Å². The van der Waals surface area contributed by atoms with Crippen LogP contribution in [0.5, 0.6) is 0 Å². The first kappa shape index (κ1) is 16.1. The van der Waals surface area contributed by atoms with Gasteiger partial charge < -0.3 is 4.42 Å². The minimum atomic E-state index is 0.621. The SMILES string of the molecule is Cc1ccc(/C=N/c2oc(-c3ccccc3)cc2-c2ccccc2)cc1. The first-order valence-electron chi connectivity index (χ1n) is 8.65. The van der Waals surface area contributed by atoms with E-state index in [2.05, 4.69) is 54.4 Å². The van der Waals surface area contributed by atoms with Crippen LogP contribution in [0.3, 0.4) is 0 Å². The van der Waals surface area contributed by atoms with E-state index < -0.39 is 0 Å². The highest BCUT2D eigenvalue weighted by Gasteiger charge is 2.13. The van der Waals surface area contributed by atoms with Gasteiger partial charge in [-0.25, -0.2) is 4.99 Å². The molecule has 0 aliphatic carbocycles. The molecule has 0 radical (unpaired) electrons. The van der Waals surface area contributed by atoms with Crippen LogP contribution in [0.4, 0.5) is 5.88 Å². The van der Waals surface area contributed by atoms with Gasteiger partial charge in [0.25, 0.3) is 0 Å². The van der Waals surface area contributed by atoms with Gasteiger partial charge in [-0.05, 0) is 24.1 Å². The van der Waals surface area contributed by atoms with Crippen LogP contribution in [0.25, 0.3) is 22.5 Å². The topological polar surface area (TPSA) is 25.5 Å². The molecule has 0 spiro atoms. The van der Waals surface area contributed by atoms with Crippen molar-refractivity contribution in [2.24, 2.45) is 4.99 Å². The van der Waals surface area contributed by atoms with Gasteiger partial charge in [0, 0.05) is 17.3 Å². The molecule has 0 aliphatic heterocycles. The highest BCUT2D eigenvalue weighted by atomic mass is 16.4. The molecule has 126 valence electrons. The highest BCUT2D eigenvalue weighted by Crippen LogP contribution is 2.37. The number of aryl methyl sites for hydroxylation is 1. The summed E-state index contributed by atoms with van der Waals surface area (Å²) < 4.78 is 6.10. The predicted molar refractivity (Wildman–Crippen MR) is 108 cm³/mol. The Labute approximate surface area is 153 Å². The number of hydrogen-bond acceptors (Lipinski definition) is 2. The van der Waals surface area contributed by atoms with E-state index in [1.54, 1.807) is 0 Å². The third-order valence-electron chi connectivity index (χ3n) is 4.26. The fourth-order valence-electron chi connectivity index (χ4n) is 2.83. The molecule has 0 N–H and O–H groups in total. The molecule has 0 aliphatic rings. The minimum Gasteiger partial charge on any atom is -0.438 e. The third-order valence-corrected chi connectivity index (χ3v) is 4.26. The molecular formula is C24H19NO. The average molecular weight is 337 g/mol. The molecule has 0 amide bonds. The maximum Gasteiger partial charge on any atom is 0.227 e. The van der Waals surface area contributed by atoms with Crippen LogP contribution in [0.2, 0.25) is 0 Å². The summed E-state index contributed by atoms with van der Waals surface area (Å²) in [6, 6.07) is 30.7. The lowest BCUT2D eigenvalue weighted by molar-refractivity contribution is 0.594. The van der Waals surface area contributed by atoms with E-state index in [1.807, 2.05) is 54.7 Å². The second kappa shape index (κ2) is 7.24. The van der Waals surface area contributed by atoms with E-state index in [-0.39, 0.29) is 0 Å². The van der Waals surface area contributed by atoms with E-state index in [0.29, 0.717) is 5.88 Å². The Balaban J connectivity index is 1.76. The Kier molecular flexibility index (Phi) is 4.48. The number of rotatable bonds is 4. The molecule has 0 saturated carbocycles. The van der Waals surface area contributed by atoms with Gasteiger partial charge in [0.1, 0.15) is 5.76 Å². The maximum absolute atomic E-state index is 6.10. The molecule has 0 bridgehead atoms. The van der Waals surface area contributed by atoms with Crippen molar-refractivity contribution >= 4 is 12.1 Å². The number of nitrogens with zero attached hydrogens (tertiary/aromatic N) is 1. The van der Waals surface area contributed by atoms with Gasteiger partial charge in [0.05, 0.1) is 0 Å². The highest BCUT2D eigenvalue weighted by molar-refractivity contribution is 5.85. The minimum absolute atomic E-state index is 0.621. The molecule has 4 aromatic rings.